The number of allylic oxidation sites excluding steroid dienone is 1. The summed E-state index contributed by atoms with van der Waals surface area (Å²) in [7, 11) is 0. The number of nitrogens with zero attached hydrogens (tertiary/aromatic N) is 1. The third kappa shape index (κ3) is 3.82. The Bertz CT molecular complexity index is 581. The van der Waals surface area contributed by atoms with Crippen LogP contribution in [0.15, 0.2) is 42.9 Å². The molecule has 0 spiro atoms. The zero-order valence-electron chi connectivity index (χ0n) is 12.6. The summed E-state index contributed by atoms with van der Waals surface area (Å²) in [5.41, 5.74) is 5.32. The van der Waals surface area contributed by atoms with E-state index in [1.807, 2.05) is 6.20 Å². The van der Waals surface area contributed by atoms with E-state index < -0.39 is 0 Å². The molecule has 0 saturated heterocycles. The number of rotatable bonds is 4. The summed E-state index contributed by atoms with van der Waals surface area (Å²) >= 11 is 0. The van der Waals surface area contributed by atoms with Gasteiger partial charge in [-0.2, -0.15) is 0 Å². The topological polar surface area (TPSA) is 40.7 Å². The van der Waals surface area contributed by atoms with Gasteiger partial charge in [0.2, 0.25) is 0 Å². The number of aromatic nitrogens is 2. The normalized spacial score (nSPS) is 19.1. The van der Waals surface area contributed by atoms with Crippen molar-refractivity contribution < 1.29 is 0 Å². The molecule has 21 heavy (non-hydrogen) atoms. The molecule has 3 heteroatoms. The second kappa shape index (κ2) is 6.72. The van der Waals surface area contributed by atoms with Crippen molar-refractivity contribution >= 4 is 5.57 Å². The smallest absolute Gasteiger partial charge is 0.0922 e. The average molecular weight is 281 g/mol. The van der Waals surface area contributed by atoms with Gasteiger partial charge in [-0.15, -0.1) is 0 Å². The molecular formula is C18H23N3. The predicted octanol–water partition coefficient (Wildman–Crippen LogP) is 3.83. The quantitative estimate of drug-likeness (QED) is 0.894. The van der Waals surface area contributed by atoms with Crippen molar-refractivity contribution in [1.29, 1.82) is 0 Å². The Kier molecular flexibility index (Phi) is 4.51. The molecule has 3 rings (SSSR count). The summed E-state index contributed by atoms with van der Waals surface area (Å²) in [5.74, 6) is 0. The maximum atomic E-state index is 4.06. The molecule has 1 atom stereocenters. The number of H-pyrrole nitrogens is 1. The van der Waals surface area contributed by atoms with Crippen LogP contribution in [0.1, 0.15) is 42.5 Å². The summed E-state index contributed by atoms with van der Waals surface area (Å²) < 4.78 is 0. The van der Waals surface area contributed by atoms with E-state index in [9.17, 15) is 0 Å². The van der Waals surface area contributed by atoms with Crippen LogP contribution in [0.4, 0.5) is 0 Å². The molecule has 1 aromatic carbocycles. The molecule has 0 saturated carbocycles. The summed E-state index contributed by atoms with van der Waals surface area (Å²) in [5, 5.41) is 3.63. The van der Waals surface area contributed by atoms with Crippen LogP contribution in [0.3, 0.4) is 0 Å². The van der Waals surface area contributed by atoms with Gasteiger partial charge in [0, 0.05) is 24.5 Å². The van der Waals surface area contributed by atoms with Crippen molar-refractivity contribution in [3.63, 3.8) is 0 Å². The first-order valence-electron chi connectivity index (χ1n) is 7.79. The fraction of sp³-hybridized carbons (Fsp3) is 0.389. The van der Waals surface area contributed by atoms with Crippen molar-refractivity contribution in [3.8, 4) is 0 Å². The summed E-state index contributed by atoms with van der Waals surface area (Å²) in [6.45, 7) is 2.99. The van der Waals surface area contributed by atoms with Crippen LogP contribution < -0.4 is 5.32 Å². The van der Waals surface area contributed by atoms with Gasteiger partial charge in [-0.05, 0) is 37.3 Å². The van der Waals surface area contributed by atoms with Crippen molar-refractivity contribution in [1.82, 2.24) is 15.3 Å². The van der Waals surface area contributed by atoms with Gasteiger partial charge in [-0.25, -0.2) is 4.98 Å². The summed E-state index contributed by atoms with van der Waals surface area (Å²) in [4.78, 5) is 7.21. The van der Waals surface area contributed by atoms with E-state index in [0.29, 0.717) is 6.04 Å². The highest BCUT2D eigenvalue weighted by molar-refractivity contribution is 5.66. The van der Waals surface area contributed by atoms with E-state index in [-0.39, 0.29) is 0 Å². The van der Waals surface area contributed by atoms with Crippen LogP contribution in [-0.2, 0) is 6.54 Å². The van der Waals surface area contributed by atoms with Crippen LogP contribution in [0.25, 0.3) is 5.57 Å². The van der Waals surface area contributed by atoms with Gasteiger partial charge in [-0.1, -0.05) is 42.3 Å². The van der Waals surface area contributed by atoms with Gasteiger partial charge in [-0.3, -0.25) is 0 Å². The molecule has 2 N–H and O–H groups in total. The highest BCUT2D eigenvalue weighted by Gasteiger charge is 2.13. The van der Waals surface area contributed by atoms with Crippen LogP contribution in [-0.4, -0.2) is 16.0 Å². The molecule has 3 nitrogen and oxygen atoms in total. The molecule has 0 fully saturated rings. The third-order valence-corrected chi connectivity index (χ3v) is 4.15. The minimum atomic E-state index is 0.451. The predicted molar refractivity (Wildman–Crippen MR) is 86.8 cm³/mol. The molecule has 2 aromatic rings. The average Bonchev–Trinajstić information content (AvgIpc) is 2.91. The van der Waals surface area contributed by atoms with E-state index in [2.05, 4.69) is 52.5 Å². The van der Waals surface area contributed by atoms with Crippen molar-refractivity contribution in [3.05, 3.63) is 59.7 Å². The van der Waals surface area contributed by atoms with Gasteiger partial charge in [0.25, 0.3) is 0 Å². The molecule has 110 valence electrons. The number of aromatic amines is 1. The standard InChI is InChI=1S/C18H23N3/c1-14-6-8-15(9-7-14)16-4-2-3-5-17(10-16)20-12-18-11-19-13-21-18/h6-11,13,17,20H,2-5,12H2,1H3,(H,19,21). The van der Waals surface area contributed by atoms with E-state index in [1.165, 1.54) is 42.4 Å². The van der Waals surface area contributed by atoms with Crippen LogP contribution in [0.5, 0.6) is 0 Å². The van der Waals surface area contributed by atoms with E-state index >= 15 is 0 Å². The van der Waals surface area contributed by atoms with Crippen molar-refractivity contribution in [2.75, 3.05) is 0 Å². The second-order valence-corrected chi connectivity index (χ2v) is 5.87. The summed E-state index contributed by atoms with van der Waals surface area (Å²) in [6, 6.07) is 9.35. The van der Waals surface area contributed by atoms with E-state index in [0.717, 1.165) is 12.2 Å². The van der Waals surface area contributed by atoms with Gasteiger partial charge in [0.05, 0.1) is 6.33 Å². The van der Waals surface area contributed by atoms with Gasteiger partial charge < -0.3 is 10.3 Å². The lowest BCUT2D eigenvalue weighted by atomic mass is 10.00. The monoisotopic (exact) mass is 281 g/mol. The third-order valence-electron chi connectivity index (χ3n) is 4.15. The number of hydrogen-bond donors (Lipinski definition) is 2. The number of aryl methyl sites for hydroxylation is 1. The van der Waals surface area contributed by atoms with E-state index in [4.69, 9.17) is 0 Å². The first-order chi connectivity index (χ1) is 10.3. The zero-order valence-corrected chi connectivity index (χ0v) is 12.6. The van der Waals surface area contributed by atoms with Gasteiger partial charge >= 0.3 is 0 Å². The molecule has 0 radical (unpaired) electrons. The van der Waals surface area contributed by atoms with Crippen LogP contribution in [0.2, 0.25) is 0 Å². The Balaban J connectivity index is 1.71. The molecule has 1 aromatic heterocycles. The highest BCUT2D eigenvalue weighted by atomic mass is 15.0. The van der Waals surface area contributed by atoms with Crippen LogP contribution >= 0.6 is 0 Å². The molecule has 0 bridgehead atoms. The summed E-state index contributed by atoms with van der Waals surface area (Å²) in [6.07, 6.45) is 11.0. The van der Waals surface area contributed by atoms with Crippen molar-refractivity contribution in [2.24, 2.45) is 0 Å². The molecule has 1 aliphatic rings. The van der Waals surface area contributed by atoms with Gasteiger partial charge in [0.15, 0.2) is 0 Å². The molecule has 0 aliphatic heterocycles. The minimum absolute atomic E-state index is 0.451. The Labute approximate surface area is 126 Å². The molecule has 1 unspecified atom stereocenters. The molecule has 0 amide bonds. The Morgan fingerprint density at radius 2 is 2.10 bits per heavy atom. The number of nitrogens with one attached hydrogen (secondary N) is 2. The maximum absolute atomic E-state index is 4.06. The molecule has 1 aliphatic carbocycles. The first kappa shape index (κ1) is 14.1. The maximum Gasteiger partial charge on any atom is 0.0922 e. The Morgan fingerprint density at radius 1 is 1.24 bits per heavy atom. The fourth-order valence-electron chi connectivity index (χ4n) is 2.88. The lowest BCUT2D eigenvalue weighted by Gasteiger charge is -2.14. The Hall–Kier alpha value is -1.87. The fourth-order valence-corrected chi connectivity index (χ4v) is 2.88. The lowest BCUT2D eigenvalue weighted by Crippen LogP contribution is -2.26. The molecular weight excluding hydrogens is 258 g/mol. The van der Waals surface area contributed by atoms with E-state index in [1.54, 1.807) is 6.33 Å². The Morgan fingerprint density at radius 3 is 2.86 bits per heavy atom. The molecule has 1 heterocycles. The zero-order chi connectivity index (χ0) is 14.5. The number of benzene rings is 1. The highest BCUT2D eigenvalue weighted by Crippen LogP contribution is 2.26. The number of hydrogen-bond acceptors (Lipinski definition) is 2. The van der Waals surface area contributed by atoms with Gasteiger partial charge in [0.1, 0.15) is 0 Å². The SMILES string of the molecule is Cc1ccc(C2=CC(NCc3cnc[nH]3)CCCC2)cc1. The van der Waals surface area contributed by atoms with Crippen LogP contribution in [0, 0.1) is 6.92 Å². The van der Waals surface area contributed by atoms with Crippen molar-refractivity contribution in [2.45, 2.75) is 45.2 Å². The lowest BCUT2D eigenvalue weighted by molar-refractivity contribution is 0.535. The first-order valence-corrected chi connectivity index (χ1v) is 7.79. The number of imidazole rings is 1. The largest absolute Gasteiger partial charge is 0.347 e. The minimum Gasteiger partial charge on any atom is -0.347 e. The second-order valence-electron chi connectivity index (χ2n) is 5.87.